The van der Waals surface area contributed by atoms with Crippen LogP contribution in [0.15, 0.2) is 4.99 Å². The third kappa shape index (κ3) is 4.27. The molecule has 0 aromatic rings. The maximum atomic E-state index is 13.0. The number of methoxy groups -OCH3 is 1. The minimum absolute atomic E-state index is 0.0195. The van der Waals surface area contributed by atoms with E-state index in [9.17, 15) is 9.59 Å². The van der Waals surface area contributed by atoms with Gasteiger partial charge in [0.2, 0.25) is 5.91 Å². The predicted octanol–water partition coefficient (Wildman–Crippen LogP) is 1.37. The van der Waals surface area contributed by atoms with Gasteiger partial charge in [-0.3, -0.25) is 9.79 Å². The molecule has 1 unspecified atom stereocenters. The Kier molecular flexibility index (Phi) is 6.10. The van der Waals surface area contributed by atoms with Crippen molar-refractivity contribution in [2.75, 3.05) is 20.2 Å². The van der Waals surface area contributed by atoms with Gasteiger partial charge in [-0.2, -0.15) is 0 Å². The fraction of sp³-hybridized carbons (Fsp3) is 0.800. The lowest BCUT2D eigenvalue weighted by Crippen LogP contribution is -2.55. The van der Waals surface area contributed by atoms with Crippen LogP contribution in [0.4, 0.5) is 4.79 Å². The first-order chi connectivity index (χ1) is 10.8. The first kappa shape index (κ1) is 18.3. The molecule has 0 radical (unpaired) electrons. The fourth-order valence-corrected chi connectivity index (χ4v) is 3.57. The van der Waals surface area contributed by atoms with Gasteiger partial charge in [-0.15, -0.1) is 0 Å². The van der Waals surface area contributed by atoms with E-state index in [1.165, 1.54) is 7.11 Å². The van der Waals surface area contributed by atoms with E-state index in [1.54, 1.807) is 0 Å². The minimum Gasteiger partial charge on any atom is -0.453 e. The molecule has 2 N–H and O–H groups in total. The van der Waals surface area contributed by atoms with Crippen LogP contribution in [0.1, 0.15) is 27.2 Å². The molecule has 23 heavy (non-hydrogen) atoms. The van der Waals surface area contributed by atoms with Gasteiger partial charge in [0.25, 0.3) is 0 Å². The number of hydrogen-bond acceptors (Lipinski definition) is 5. The Morgan fingerprint density at radius 3 is 2.70 bits per heavy atom. The molecule has 2 aliphatic rings. The van der Waals surface area contributed by atoms with Crippen molar-refractivity contribution >= 4 is 40.4 Å². The highest BCUT2D eigenvalue weighted by atomic mass is 127. The molecule has 2 amide bonds. The number of nitrogens with zero attached hydrogens (tertiary/aromatic N) is 2. The summed E-state index contributed by atoms with van der Waals surface area (Å²) < 4.78 is 4.93. The van der Waals surface area contributed by atoms with Gasteiger partial charge in [0, 0.05) is 6.54 Å². The van der Waals surface area contributed by atoms with Crippen LogP contribution in [0.2, 0.25) is 0 Å². The highest BCUT2D eigenvalue weighted by Crippen LogP contribution is 2.27. The van der Waals surface area contributed by atoms with Gasteiger partial charge in [0.05, 0.1) is 23.7 Å². The molecule has 7 nitrogen and oxygen atoms in total. The molecule has 0 bridgehead atoms. The van der Waals surface area contributed by atoms with E-state index in [0.717, 1.165) is 18.8 Å². The zero-order chi connectivity index (χ0) is 17.1. The van der Waals surface area contributed by atoms with E-state index < -0.39 is 12.1 Å². The molecular weight excluding hydrogens is 411 g/mol. The molecule has 1 saturated heterocycles. The molecule has 1 fully saturated rings. The fourth-order valence-electron chi connectivity index (χ4n) is 3.06. The average molecular weight is 436 g/mol. The van der Waals surface area contributed by atoms with Crippen molar-refractivity contribution in [2.24, 2.45) is 16.8 Å². The summed E-state index contributed by atoms with van der Waals surface area (Å²) in [7, 11) is 1.30. The van der Waals surface area contributed by atoms with Crippen LogP contribution in [-0.2, 0) is 9.53 Å². The number of halogens is 1. The largest absolute Gasteiger partial charge is 0.453 e. The molecule has 130 valence electrons. The molecule has 2 heterocycles. The highest BCUT2D eigenvalue weighted by Gasteiger charge is 2.41. The van der Waals surface area contributed by atoms with Crippen molar-refractivity contribution in [3.05, 3.63) is 0 Å². The zero-order valence-electron chi connectivity index (χ0n) is 14.0. The number of rotatable bonds is 4. The minimum atomic E-state index is -0.590. The molecule has 0 spiro atoms. The Labute approximate surface area is 150 Å². The molecule has 0 aromatic carbocycles. The number of alkyl halides is 1. The molecule has 8 heteroatoms. The van der Waals surface area contributed by atoms with Crippen LogP contribution < -0.4 is 10.6 Å². The second-order valence-corrected chi connectivity index (χ2v) is 8.05. The summed E-state index contributed by atoms with van der Waals surface area (Å²) in [6.07, 6.45) is 0.314. The molecular formula is C15H25IN4O3. The zero-order valence-corrected chi connectivity index (χ0v) is 16.2. The van der Waals surface area contributed by atoms with Gasteiger partial charge < -0.3 is 20.3 Å². The van der Waals surface area contributed by atoms with Crippen molar-refractivity contribution in [3.8, 4) is 0 Å². The van der Waals surface area contributed by atoms with Gasteiger partial charge in [0.1, 0.15) is 11.9 Å². The van der Waals surface area contributed by atoms with E-state index in [2.05, 4.69) is 49.9 Å². The second-order valence-electron chi connectivity index (χ2n) is 6.54. The van der Waals surface area contributed by atoms with E-state index in [4.69, 9.17) is 0 Å². The Morgan fingerprint density at radius 1 is 1.48 bits per heavy atom. The standard InChI is InChI=1S/C15H25IN4O3/c1-8(2)12(19-15(22)23-4)14(21)20-7-9(3)5-10(20)13-17-6-11(16)18-13/h8-12H,5-7H2,1-4H3,(H,17,18)(H,19,22)/t9-,10-,11?,12-/m0/s1. The lowest BCUT2D eigenvalue weighted by molar-refractivity contribution is -0.134. The van der Waals surface area contributed by atoms with Crippen LogP contribution in [0.5, 0.6) is 0 Å². The van der Waals surface area contributed by atoms with Crippen LogP contribution >= 0.6 is 22.6 Å². The number of likely N-dealkylation sites (tertiary alicyclic amines) is 1. The quantitative estimate of drug-likeness (QED) is 0.396. The number of nitrogens with one attached hydrogen (secondary N) is 2. The number of amidine groups is 1. The predicted molar refractivity (Wildman–Crippen MR) is 96.7 cm³/mol. The lowest BCUT2D eigenvalue weighted by Gasteiger charge is -2.31. The van der Waals surface area contributed by atoms with Crippen LogP contribution in [0.25, 0.3) is 0 Å². The summed E-state index contributed by atoms with van der Waals surface area (Å²) in [6.45, 7) is 7.38. The van der Waals surface area contributed by atoms with E-state index in [0.29, 0.717) is 12.5 Å². The monoisotopic (exact) mass is 436 g/mol. The van der Waals surface area contributed by atoms with Crippen molar-refractivity contribution in [3.63, 3.8) is 0 Å². The van der Waals surface area contributed by atoms with Crippen molar-refractivity contribution < 1.29 is 14.3 Å². The summed E-state index contributed by atoms with van der Waals surface area (Å²) in [5.41, 5.74) is 0. The number of aliphatic imine (C=N–C) groups is 1. The SMILES string of the molecule is COC(=O)N[C@H](C(=O)N1C[C@@H](C)C[C@H]1C1=NCC(I)N1)C(C)C. The Bertz CT molecular complexity index is 497. The molecule has 0 aromatic heterocycles. The van der Waals surface area contributed by atoms with Crippen molar-refractivity contribution in [1.82, 2.24) is 15.5 Å². The highest BCUT2D eigenvalue weighted by molar-refractivity contribution is 14.1. The van der Waals surface area contributed by atoms with E-state index >= 15 is 0 Å². The van der Waals surface area contributed by atoms with Crippen LogP contribution in [0, 0.1) is 11.8 Å². The Morgan fingerprint density at radius 2 is 2.17 bits per heavy atom. The maximum absolute atomic E-state index is 13.0. The van der Waals surface area contributed by atoms with Crippen LogP contribution in [0.3, 0.4) is 0 Å². The number of carbonyl (C=O) groups excluding carboxylic acids is 2. The smallest absolute Gasteiger partial charge is 0.407 e. The van der Waals surface area contributed by atoms with Crippen molar-refractivity contribution in [2.45, 2.75) is 43.3 Å². The summed E-state index contributed by atoms with van der Waals surface area (Å²) in [6, 6.07) is -0.620. The third-order valence-corrected chi connectivity index (χ3v) is 4.93. The molecule has 2 rings (SSSR count). The number of ether oxygens (including phenoxy) is 1. The molecule has 0 saturated carbocycles. The van der Waals surface area contributed by atoms with E-state index in [-0.39, 0.29) is 21.9 Å². The number of carbonyl (C=O) groups is 2. The molecule has 0 aliphatic carbocycles. The van der Waals surface area contributed by atoms with Gasteiger partial charge in [-0.25, -0.2) is 4.79 Å². The van der Waals surface area contributed by atoms with Gasteiger partial charge in [-0.05, 0) is 18.3 Å². The summed E-state index contributed by atoms with van der Waals surface area (Å²) >= 11 is 2.31. The number of hydrogen-bond donors (Lipinski definition) is 2. The topological polar surface area (TPSA) is 83.0 Å². The van der Waals surface area contributed by atoms with Crippen LogP contribution in [-0.4, -0.2) is 59.1 Å². The third-order valence-electron chi connectivity index (χ3n) is 4.23. The summed E-state index contributed by atoms with van der Waals surface area (Å²) in [5.74, 6) is 1.21. The summed E-state index contributed by atoms with van der Waals surface area (Å²) in [4.78, 5) is 30.9. The Balaban J connectivity index is 2.15. The Hall–Kier alpha value is -1.06. The molecule has 2 aliphatic heterocycles. The normalized spacial score (nSPS) is 28.3. The average Bonchev–Trinajstić information content (AvgIpc) is 3.09. The first-order valence-corrected chi connectivity index (χ1v) is 9.18. The van der Waals surface area contributed by atoms with Gasteiger partial charge in [0.15, 0.2) is 0 Å². The van der Waals surface area contributed by atoms with Gasteiger partial charge in [-0.1, -0.05) is 43.4 Å². The maximum Gasteiger partial charge on any atom is 0.407 e. The van der Waals surface area contributed by atoms with Crippen molar-refractivity contribution in [1.29, 1.82) is 0 Å². The molecule has 4 atom stereocenters. The van der Waals surface area contributed by atoms with E-state index in [1.807, 2.05) is 18.7 Å². The first-order valence-electron chi connectivity index (χ1n) is 7.93. The second kappa shape index (κ2) is 7.67. The number of amides is 2. The van der Waals surface area contributed by atoms with Gasteiger partial charge >= 0.3 is 6.09 Å². The summed E-state index contributed by atoms with van der Waals surface area (Å²) in [5, 5.41) is 6.02. The lowest BCUT2D eigenvalue weighted by atomic mass is 10.0. The number of alkyl carbamates (subject to hydrolysis) is 1.